The van der Waals surface area contributed by atoms with Gasteiger partial charge in [0.25, 0.3) is 0 Å². The molecule has 0 saturated carbocycles. The lowest BCUT2D eigenvalue weighted by atomic mass is 10.1. The van der Waals surface area contributed by atoms with Crippen molar-refractivity contribution in [3.05, 3.63) is 0 Å². The van der Waals surface area contributed by atoms with E-state index in [2.05, 4.69) is 0 Å². The summed E-state index contributed by atoms with van der Waals surface area (Å²) in [6, 6.07) is 0.0628. The van der Waals surface area contributed by atoms with Gasteiger partial charge in [-0.25, -0.2) is 4.79 Å². The van der Waals surface area contributed by atoms with Crippen LogP contribution in [0.25, 0.3) is 0 Å². The Hall–Kier alpha value is -0.770. The fourth-order valence-corrected chi connectivity index (χ4v) is 1.59. The summed E-state index contributed by atoms with van der Waals surface area (Å²) >= 11 is 0. The Morgan fingerprint density at radius 1 is 1.62 bits per heavy atom. The van der Waals surface area contributed by atoms with Gasteiger partial charge in [-0.2, -0.15) is 0 Å². The third kappa shape index (κ3) is 2.88. The lowest BCUT2D eigenvalue weighted by Crippen LogP contribution is -2.44. The van der Waals surface area contributed by atoms with Crippen LogP contribution in [0, 0.1) is 0 Å². The van der Waals surface area contributed by atoms with E-state index in [0.29, 0.717) is 13.0 Å². The first-order valence-corrected chi connectivity index (χ1v) is 4.72. The van der Waals surface area contributed by atoms with E-state index in [4.69, 9.17) is 9.84 Å². The van der Waals surface area contributed by atoms with E-state index in [1.165, 1.54) is 0 Å². The molecule has 76 valence electrons. The van der Waals surface area contributed by atoms with E-state index < -0.39 is 0 Å². The number of aliphatic hydroxyl groups excluding tert-OH is 1. The quantitative estimate of drug-likeness (QED) is 0.716. The third-order valence-corrected chi connectivity index (χ3v) is 2.22. The predicted molar refractivity (Wildman–Crippen MR) is 48.4 cm³/mol. The molecular weight excluding hydrogens is 170 g/mol. The molecule has 2 atom stereocenters. The van der Waals surface area contributed by atoms with E-state index in [1.54, 1.807) is 11.8 Å². The summed E-state index contributed by atoms with van der Waals surface area (Å²) in [5.41, 5.74) is 0. The molecule has 0 bridgehead atoms. The maximum atomic E-state index is 11.2. The smallest absolute Gasteiger partial charge is 0.409 e. The average Bonchev–Trinajstić information content (AvgIpc) is 2.03. The summed E-state index contributed by atoms with van der Waals surface area (Å²) in [6.45, 7) is 4.93. The van der Waals surface area contributed by atoms with Crippen LogP contribution in [0.5, 0.6) is 0 Å². The number of carbonyl (C=O) groups excluding carboxylic acids is 1. The Bertz CT molecular complexity index is 182. The summed E-state index contributed by atoms with van der Waals surface area (Å²) in [6.07, 6.45) is 0.870. The number of carbonyl (C=O) groups is 1. The molecule has 1 rings (SSSR count). The van der Waals surface area contributed by atoms with Crippen LogP contribution in [0.4, 0.5) is 4.79 Å². The summed E-state index contributed by atoms with van der Waals surface area (Å²) in [5.74, 6) is 0. The lowest BCUT2D eigenvalue weighted by molar-refractivity contribution is 0.0465. The molecule has 0 spiro atoms. The molecule has 1 amide bonds. The highest BCUT2D eigenvalue weighted by molar-refractivity contribution is 5.68. The van der Waals surface area contributed by atoms with E-state index in [9.17, 15) is 4.79 Å². The van der Waals surface area contributed by atoms with Crippen LogP contribution in [0.3, 0.4) is 0 Å². The van der Waals surface area contributed by atoms with Crippen molar-refractivity contribution in [3.63, 3.8) is 0 Å². The number of rotatable bonds is 3. The zero-order valence-corrected chi connectivity index (χ0v) is 8.19. The molecule has 2 unspecified atom stereocenters. The van der Waals surface area contributed by atoms with Crippen molar-refractivity contribution in [2.75, 3.05) is 13.2 Å². The fourth-order valence-electron chi connectivity index (χ4n) is 1.59. The Balaban J connectivity index is 2.43. The highest BCUT2D eigenvalue weighted by atomic mass is 16.6. The van der Waals surface area contributed by atoms with Crippen molar-refractivity contribution >= 4 is 6.09 Å². The van der Waals surface area contributed by atoms with Gasteiger partial charge in [-0.1, -0.05) is 0 Å². The summed E-state index contributed by atoms with van der Waals surface area (Å²) < 4.78 is 4.90. The molecule has 0 aromatic heterocycles. The first-order chi connectivity index (χ1) is 6.11. The van der Waals surface area contributed by atoms with Crippen LogP contribution in [-0.4, -0.2) is 41.4 Å². The molecule has 1 heterocycles. The minimum Gasteiger partial charge on any atom is -0.449 e. The lowest BCUT2D eigenvalue weighted by Gasteiger charge is -2.32. The van der Waals surface area contributed by atoms with Crippen molar-refractivity contribution in [1.82, 2.24) is 4.90 Å². The molecule has 0 aromatic rings. The van der Waals surface area contributed by atoms with Gasteiger partial charge in [-0.3, -0.25) is 0 Å². The molecule has 1 aliphatic rings. The van der Waals surface area contributed by atoms with Crippen LogP contribution in [0.15, 0.2) is 0 Å². The minimum absolute atomic E-state index is 0.0628. The van der Waals surface area contributed by atoms with Crippen LogP contribution < -0.4 is 0 Å². The maximum Gasteiger partial charge on any atom is 0.409 e. The topological polar surface area (TPSA) is 49.8 Å². The molecular formula is C9H17NO3. The summed E-state index contributed by atoms with van der Waals surface area (Å²) in [5, 5.41) is 9.16. The monoisotopic (exact) mass is 187 g/mol. The number of hydrogen-bond acceptors (Lipinski definition) is 3. The van der Waals surface area contributed by atoms with Crippen molar-refractivity contribution in [2.24, 2.45) is 0 Å². The molecule has 1 aliphatic heterocycles. The van der Waals surface area contributed by atoms with Gasteiger partial charge in [0.05, 0.1) is 12.7 Å². The Labute approximate surface area is 78.5 Å². The Morgan fingerprint density at radius 2 is 2.31 bits per heavy atom. The number of amides is 1. The largest absolute Gasteiger partial charge is 0.449 e. The van der Waals surface area contributed by atoms with Crippen LogP contribution >= 0.6 is 0 Å². The summed E-state index contributed by atoms with van der Waals surface area (Å²) in [4.78, 5) is 12.9. The Morgan fingerprint density at radius 3 is 2.85 bits per heavy atom. The zero-order valence-electron chi connectivity index (χ0n) is 8.19. The van der Waals surface area contributed by atoms with Crippen LogP contribution in [-0.2, 0) is 4.74 Å². The van der Waals surface area contributed by atoms with Crippen molar-refractivity contribution in [1.29, 1.82) is 0 Å². The number of aliphatic hydroxyl groups is 1. The Kier molecular flexibility index (Phi) is 3.54. The molecule has 1 saturated heterocycles. The number of ether oxygens (including phenoxy) is 1. The van der Waals surface area contributed by atoms with Crippen LogP contribution in [0.2, 0.25) is 0 Å². The van der Waals surface area contributed by atoms with Gasteiger partial charge < -0.3 is 14.7 Å². The van der Waals surface area contributed by atoms with Crippen LogP contribution in [0.1, 0.15) is 26.7 Å². The molecule has 1 N–H and O–H groups in total. The molecule has 4 heteroatoms. The highest BCUT2D eigenvalue weighted by Gasteiger charge is 2.25. The first kappa shape index (κ1) is 10.3. The second-order valence-electron chi connectivity index (χ2n) is 3.60. The maximum absolute atomic E-state index is 11.2. The zero-order chi connectivity index (χ0) is 9.84. The predicted octanol–water partition coefficient (Wildman–Crippen LogP) is 0.988. The second kappa shape index (κ2) is 4.46. The highest BCUT2D eigenvalue weighted by Crippen LogP contribution is 2.12. The molecule has 13 heavy (non-hydrogen) atoms. The van der Waals surface area contributed by atoms with E-state index in [1.807, 2.05) is 6.92 Å². The van der Waals surface area contributed by atoms with Gasteiger partial charge >= 0.3 is 6.09 Å². The van der Waals surface area contributed by atoms with Gasteiger partial charge in [0.2, 0.25) is 0 Å². The van der Waals surface area contributed by atoms with E-state index in [-0.39, 0.29) is 18.2 Å². The SMILES string of the molecule is CC(O)CC(C)N1CCCOC1=O. The van der Waals surface area contributed by atoms with Gasteiger partial charge in [0, 0.05) is 12.6 Å². The standard InChI is InChI=1S/C9H17NO3/c1-7(6-8(2)11)10-4-3-5-13-9(10)12/h7-8,11H,3-6H2,1-2H3. The molecule has 1 fully saturated rings. The summed E-state index contributed by atoms with van der Waals surface area (Å²) in [7, 11) is 0. The normalized spacial score (nSPS) is 22.4. The molecule has 0 aromatic carbocycles. The van der Waals surface area contributed by atoms with Gasteiger partial charge in [-0.05, 0) is 26.7 Å². The molecule has 0 radical (unpaired) electrons. The van der Waals surface area contributed by atoms with E-state index >= 15 is 0 Å². The molecule has 4 nitrogen and oxygen atoms in total. The second-order valence-corrected chi connectivity index (χ2v) is 3.60. The third-order valence-electron chi connectivity index (χ3n) is 2.22. The average molecular weight is 187 g/mol. The van der Waals surface area contributed by atoms with Gasteiger partial charge in [0.1, 0.15) is 0 Å². The van der Waals surface area contributed by atoms with Gasteiger partial charge in [-0.15, -0.1) is 0 Å². The van der Waals surface area contributed by atoms with Gasteiger partial charge in [0.15, 0.2) is 0 Å². The first-order valence-electron chi connectivity index (χ1n) is 4.72. The fraction of sp³-hybridized carbons (Fsp3) is 0.889. The minimum atomic E-state index is -0.371. The number of nitrogens with zero attached hydrogens (tertiary/aromatic N) is 1. The molecule has 0 aliphatic carbocycles. The van der Waals surface area contributed by atoms with E-state index in [0.717, 1.165) is 13.0 Å². The van der Waals surface area contributed by atoms with Crippen molar-refractivity contribution < 1.29 is 14.6 Å². The number of hydrogen-bond donors (Lipinski definition) is 1. The number of cyclic esters (lactones) is 1. The van der Waals surface area contributed by atoms with Crippen molar-refractivity contribution in [3.8, 4) is 0 Å². The van der Waals surface area contributed by atoms with Crippen molar-refractivity contribution in [2.45, 2.75) is 38.8 Å².